The molecule has 1 aliphatic carbocycles. The number of rotatable bonds is 6. The molecular formula is C30H26N2O4. The van der Waals surface area contributed by atoms with E-state index in [2.05, 4.69) is 17.1 Å². The Balaban J connectivity index is 1.49. The van der Waals surface area contributed by atoms with Gasteiger partial charge in [-0.05, 0) is 53.3 Å². The van der Waals surface area contributed by atoms with Gasteiger partial charge in [0.1, 0.15) is 12.6 Å². The van der Waals surface area contributed by atoms with Gasteiger partial charge in [-0.3, -0.25) is 9.88 Å². The molecule has 1 aliphatic rings. The maximum atomic E-state index is 13.6. The summed E-state index contributed by atoms with van der Waals surface area (Å²) in [6, 6.07) is 24.5. The summed E-state index contributed by atoms with van der Waals surface area (Å²) in [5.41, 5.74) is 7.42. The summed E-state index contributed by atoms with van der Waals surface area (Å²) < 4.78 is 5.84. The van der Waals surface area contributed by atoms with Gasteiger partial charge in [0.2, 0.25) is 0 Å². The van der Waals surface area contributed by atoms with Crippen LogP contribution in [0.25, 0.3) is 22.3 Å². The van der Waals surface area contributed by atoms with Crippen LogP contribution in [0.15, 0.2) is 91.3 Å². The topological polar surface area (TPSA) is 79.7 Å². The number of pyridine rings is 1. The quantitative estimate of drug-likeness (QED) is 0.353. The van der Waals surface area contributed by atoms with Gasteiger partial charge in [0, 0.05) is 17.7 Å². The number of benzene rings is 3. The predicted octanol–water partition coefficient (Wildman–Crippen LogP) is 6.29. The van der Waals surface area contributed by atoms with Crippen LogP contribution in [-0.4, -0.2) is 34.8 Å². The Morgan fingerprint density at radius 2 is 1.47 bits per heavy atom. The van der Waals surface area contributed by atoms with Gasteiger partial charge in [0.15, 0.2) is 0 Å². The average Bonchev–Trinajstić information content (AvgIpc) is 3.22. The molecule has 0 unspecified atom stereocenters. The number of carboxylic acids is 1. The Bertz CT molecular complexity index is 1400. The van der Waals surface area contributed by atoms with Crippen LogP contribution in [-0.2, 0) is 9.53 Å². The van der Waals surface area contributed by atoms with Crippen LogP contribution >= 0.6 is 0 Å². The lowest BCUT2D eigenvalue weighted by atomic mass is 9.98. The van der Waals surface area contributed by atoms with Gasteiger partial charge in [-0.15, -0.1) is 0 Å². The van der Waals surface area contributed by atoms with Crippen LogP contribution in [0.5, 0.6) is 0 Å². The van der Waals surface area contributed by atoms with E-state index in [4.69, 9.17) is 4.74 Å². The van der Waals surface area contributed by atoms with E-state index in [-0.39, 0.29) is 12.5 Å². The highest BCUT2D eigenvalue weighted by Crippen LogP contribution is 2.44. The molecule has 0 saturated carbocycles. The molecule has 3 aromatic carbocycles. The number of hydrogen-bond acceptors (Lipinski definition) is 4. The number of ether oxygens (including phenoxy) is 1. The number of amides is 1. The van der Waals surface area contributed by atoms with Crippen molar-refractivity contribution < 1.29 is 19.4 Å². The van der Waals surface area contributed by atoms with Crippen molar-refractivity contribution >= 4 is 17.7 Å². The van der Waals surface area contributed by atoms with Crippen LogP contribution in [0.2, 0.25) is 0 Å². The van der Waals surface area contributed by atoms with Crippen molar-refractivity contribution in [3.8, 4) is 22.3 Å². The third kappa shape index (κ3) is 4.11. The van der Waals surface area contributed by atoms with E-state index in [0.717, 1.165) is 33.4 Å². The average molecular weight is 479 g/mol. The fourth-order valence-corrected chi connectivity index (χ4v) is 4.92. The summed E-state index contributed by atoms with van der Waals surface area (Å²) in [4.78, 5) is 31.0. The first kappa shape index (κ1) is 23.3. The van der Waals surface area contributed by atoms with Crippen LogP contribution in [0.4, 0.5) is 10.5 Å². The standard InChI is InChI=1S/C30H26N2O4/c1-19-9-3-4-10-21(19)26-15-16-31-17-28(26)32(20(2)29(33)34)30(35)36-18-27-24-13-7-5-11-22(24)23-12-6-8-14-25(23)27/h3-17,20,27H,18H2,1-2H3,(H,33,34)/t20-/m0/s1. The summed E-state index contributed by atoms with van der Waals surface area (Å²) in [5, 5.41) is 9.85. The molecule has 6 nitrogen and oxygen atoms in total. The molecule has 1 heterocycles. The smallest absolute Gasteiger partial charge is 0.415 e. The number of aromatic nitrogens is 1. The molecule has 180 valence electrons. The van der Waals surface area contributed by atoms with Crippen molar-refractivity contribution in [3.63, 3.8) is 0 Å². The number of anilines is 1. The van der Waals surface area contributed by atoms with Crippen molar-refractivity contribution in [2.75, 3.05) is 11.5 Å². The van der Waals surface area contributed by atoms with Crippen molar-refractivity contribution in [2.45, 2.75) is 25.8 Å². The van der Waals surface area contributed by atoms with Gasteiger partial charge in [-0.2, -0.15) is 0 Å². The number of nitrogens with zero attached hydrogens (tertiary/aromatic N) is 2. The van der Waals surface area contributed by atoms with Gasteiger partial charge in [-0.25, -0.2) is 9.59 Å². The molecule has 1 amide bonds. The lowest BCUT2D eigenvalue weighted by Gasteiger charge is -2.28. The van der Waals surface area contributed by atoms with Gasteiger partial charge in [0.25, 0.3) is 0 Å². The molecule has 0 spiro atoms. The second-order valence-corrected chi connectivity index (χ2v) is 8.90. The SMILES string of the molecule is Cc1ccccc1-c1ccncc1N(C(=O)OCC1c2ccccc2-c2ccccc21)[C@@H](C)C(=O)O. The second-order valence-electron chi connectivity index (χ2n) is 8.90. The van der Waals surface area contributed by atoms with Crippen molar-refractivity contribution in [1.82, 2.24) is 4.98 Å². The molecule has 0 aliphatic heterocycles. The largest absolute Gasteiger partial charge is 0.480 e. The number of carboxylic acid groups (broad SMARTS) is 1. The highest BCUT2D eigenvalue weighted by molar-refractivity contribution is 5.99. The Kier molecular flexibility index (Phi) is 6.25. The van der Waals surface area contributed by atoms with Crippen molar-refractivity contribution in [3.05, 3.63) is 108 Å². The van der Waals surface area contributed by atoms with Gasteiger partial charge in [-0.1, -0.05) is 72.8 Å². The third-order valence-corrected chi connectivity index (χ3v) is 6.77. The van der Waals surface area contributed by atoms with Crippen LogP contribution in [0.3, 0.4) is 0 Å². The Hall–Kier alpha value is -4.45. The summed E-state index contributed by atoms with van der Waals surface area (Å²) in [6.07, 6.45) is 2.42. The highest BCUT2D eigenvalue weighted by atomic mass is 16.6. The zero-order valence-electron chi connectivity index (χ0n) is 20.1. The Labute approximate surface area is 209 Å². The van der Waals surface area contributed by atoms with E-state index < -0.39 is 18.1 Å². The maximum absolute atomic E-state index is 13.6. The number of hydrogen-bond donors (Lipinski definition) is 1. The molecule has 6 heteroatoms. The van der Waals surface area contributed by atoms with E-state index in [9.17, 15) is 14.7 Å². The minimum atomic E-state index is -1.16. The summed E-state index contributed by atoms with van der Waals surface area (Å²) in [6.45, 7) is 3.53. The summed E-state index contributed by atoms with van der Waals surface area (Å²) in [5.74, 6) is -1.27. The molecule has 4 aromatic rings. The van der Waals surface area contributed by atoms with Gasteiger partial charge in [0.05, 0.1) is 11.9 Å². The Morgan fingerprint density at radius 1 is 0.889 bits per heavy atom. The fourth-order valence-electron chi connectivity index (χ4n) is 4.92. The molecular weight excluding hydrogens is 452 g/mol. The first-order valence-corrected chi connectivity index (χ1v) is 11.8. The number of aliphatic carboxylic acids is 1. The minimum absolute atomic E-state index is 0.0929. The van der Waals surface area contributed by atoms with Crippen LogP contribution < -0.4 is 4.90 Å². The monoisotopic (exact) mass is 478 g/mol. The number of carbonyl (C=O) groups is 2. The second kappa shape index (κ2) is 9.66. The van der Waals surface area contributed by atoms with Crippen molar-refractivity contribution in [2.24, 2.45) is 0 Å². The molecule has 36 heavy (non-hydrogen) atoms. The zero-order valence-corrected chi connectivity index (χ0v) is 20.1. The maximum Gasteiger partial charge on any atom is 0.415 e. The fraction of sp³-hybridized carbons (Fsp3) is 0.167. The van der Waals surface area contributed by atoms with Gasteiger partial charge < -0.3 is 9.84 Å². The first-order chi connectivity index (χ1) is 17.5. The lowest BCUT2D eigenvalue weighted by Crippen LogP contribution is -2.44. The minimum Gasteiger partial charge on any atom is -0.480 e. The molecule has 0 fully saturated rings. The Morgan fingerprint density at radius 3 is 2.08 bits per heavy atom. The molecule has 0 bridgehead atoms. The predicted molar refractivity (Wildman–Crippen MR) is 139 cm³/mol. The lowest BCUT2D eigenvalue weighted by molar-refractivity contribution is -0.138. The van der Waals surface area contributed by atoms with Crippen LogP contribution in [0, 0.1) is 6.92 Å². The third-order valence-electron chi connectivity index (χ3n) is 6.77. The molecule has 5 rings (SSSR count). The first-order valence-electron chi connectivity index (χ1n) is 11.8. The zero-order chi connectivity index (χ0) is 25.2. The number of fused-ring (bicyclic) bond motifs is 3. The molecule has 1 aromatic heterocycles. The van der Waals surface area contributed by atoms with Gasteiger partial charge >= 0.3 is 12.1 Å². The number of carbonyl (C=O) groups excluding carboxylic acids is 1. The normalized spacial score (nSPS) is 12.9. The van der Waals surface area contributed by atoms with E-state index >= 15 is 0 Å². The van der Waals surface area contributed by atoms with E-state index in [1.165, 1.54) is 18.0 Å². The highest BCUT2D eigenvalue weighted by Gasteiger charge is 2.34. The molecule has 1 N–H and O–H groups in total. The van der Waals surface area contributed by atoms with E-state index in [1.807, 2.05) is 67.6 Å². The molecule has 1 atom stereocenters. The van der Waals surface area contributed by atoms with Crippen LogP contribution in [0.1, 0.15) is 29.5 Å². The van der Waals surface area contributed by atoms with E-state index in [0.29, 0.717) is 11.3 Å². The molecule has 0 radical (unpaired) electrons. The summed E-state index contributed by atoms with van der Waals surface area (Å²) in [7, 11) is 0. The number of aryl methyl sites for hydroxylation is 1. The van der Waals surface area contributed by atoms with Crippen molar-refractivity contribution in [1.29, 1.82) is 0 Å². The summed E-state index contributed by atoms with van der Waals surface area (Å²) >= 11 is 0. The molecule has 0 saturated heterocycles. The van der Waals surface area contributed by atoms with E-state index in [1.54, 1.807) is 12.3 Å².